The van der Waals surface area contributed by atoms with Crippen LogP contribution in [0, 0.1) is 3.57 Å². The lowest BCUT2D eigenvalue weighted by atomic mass is 9.92. The number of ether oxygens (including phenoxy) is 1. The van der Waals surface area contributed by atoms with Crippen LogP contribution in [0.15, 0.2) is 24.3 Å². The van der Waals surface area contributed by atoms with Gasteiger partial charge in [-0.25, -0.2) is 0 Å². The number of benzene rings is 1. The molecule has 3 heteroatoms. The van der Waals surface area contributed by atoms with Crippen molar-refractivity contribution in [1.29, 1.82) is 0 Å². The standard InChI is InChI=1S/C13H18INO/c1-16-11-6-4-5-10(9-11)15-13-8-3-2-7-12(13)14/h2-3,7-8,10-11,15H,4-6,9H2,1H3. The van der Waals surface area contributed by atoms with Gasteiger partial charge in [0, 0.05) is 22.4 Å². The van der Waals surface area contributed by atoms with Crippen LogP contribution in [-0.2, 0) is 4.74 Å². The van der Waals surface area contributed by atoms with Gasteiger partial charge in [0.25, 0.3) is 0 Å². The van der Waals surface area contributed by atoms with E-state index in [1.807, 2.05) is 7.11 Å². The Bertz CT molecular complexity index is 342. The second kappa shape index (κ2) is 5.87. The van der Waals surface area contributed by atoms with Gasteiger partial charge in [0.2, 0.25) is 0 Å². The Morgan fingerprint density at radius 2 is 2.12 bits per heavy atom. The van der Waals surface area contributed by atoms with E-state index < -0.39 is 0 Å². The molecule has 16 heavy (non-hydrogen) atoms. The molecule has 1 N–H and O–H groups in total. The molecule has 2 nitrogen and oxygen atoms in total. The van der Waals surface area contributed by atoms with Crippen LogP contribution in [0.1, 0.15) is 25.7 Å². The molecule has 0 bridgehead atoms. The Morgan fingerprint density at radius 3 is 2.88 bits per heavy atom. The summed E-state index contributed by atoms with van der Waals surface area (Å²) in [6.07, 6.45) is 5.29. The van der Waals surface area contributed by atoms with E-state index in [0.29, 0.717) is 12.1 Å². The summed E-state index contributed by atoms with van der Waals surface area (Å²) in [7, 11) is 1.82. The fraction of sp³-hybridized carbons (Fsp3) is 0.538. The molecule has 2 rings (SSSR count). The van der Waals surface area contributed by atoms with Crippen molar-refractivity contribution in [2.45, 2.75) is 37.8 Å². The molecule has 0 spiro atoms. The van der Waals surface area contributed by atoms with Crippen molar-refractivity contribution >= 4 is 28.3 Å². The summed E-state index contributed by atoms with van der Waals surface area (Å²) < 4.78 is 6.74. The highest BCUT2D eigenvalue weighted by molar-refractivity contribution is 14.1. The van der Waals surface area contributed by atoms with E-state index in [4.69, 9.17) is 4.74 Å². The summed E-state index contributed by atoms with van der Waals surface area (Å²) in [4.78, 5) is 0. The van der Waals surface area contributed by atoms with Crippen LogP contribution in [-0.4, -0.2) is 19.3 Å². The van der Waals surface area contributed by atoms with Crippen LogP contribution in [0.3, 0.4) is 0 Å². The Labute approximate surface area is 111 Å². The zero-order valence-electron chi connectivity index (χ0n) is 9.58. The monoisotopic (exact) mass is 331 g/mol. The minimum absolute atomic E-state index is 0.438. The largest absolute Gasteiger partial charge is 0.381 e. The van der Waals surface area contributed by atoms with Crippen molar-refractivity contribution in [3.63, 3.8) is 0 Å². The predicted octanol–water partition coefficient (Wildman–Crippen LogP) is 3.66. The van der Waals surface area contributed by atoms with E-state index in [-0.39, 0.29) is 0 Å². The topological polar surface area (TPSA) is 21.3 Å². The van der Waals surface area contributed by atoms with Crippen molar-refractivity contribution in [2.24, 2.45) is 0 Å². The van der Waals surface area contributed by atoms with Crippen LogP contribution >= 0.6 is 22.6 Å². The molecule has 0 aliphatic heterocycles. The average Bonchev–Trinajstić information content (AvgIpc) is 2.32. The Kier molecular flexibility index (Phi) is 4.46. The molecule has 1 aliphatic carbocycles. The van der Waals surface area contributed by atoms with E-state index in [0.717, 1.165) is 6.42 Å². The molecule has 0 amide bonds. The number of anilines is 1. The maximum absolute atomic E-state index is 5.45. The number of halogens is 1. The van der Waals surface area contributed by atoms with E-state index in [1.54, 1.807) is 0 Å². The maximum Gasteiger partial charge on any atom is 0.0590 e. The SMILES string of the molecule is COC1CCCC(Nc2ccccc2I)C1. The van der Waals surface area contributed by atoms with Crippen molar-refractivity contribution in [2.75, 3.05) is 12.4 Å². The molecule has 1 aromatic rings. The van der Waals surface area contributed by atoms with Crippen molar-refractivity contribution in [3.05, 3.63) is 27.8 Å². The molecule has 0 saturated heterocycles. The first-order valence-corrected chi connectivity index (χ1v) is 6.91. The minimum Gasteiger partial charge on any atom is -0.381 e. The smallest absolute Gasteiger partial charge is 0.0590 e. The summed E-state index contributed by atoms with van der Waals surface area (Å²) in [6, 6.07) is 9.01. The van der Waals surface area contributed by atoms with Crippen LogP contribution in [0.2, 0.25) is 0 Å². The van der Waals surface area contributed by atoms with Gasteiger partial charge in [0.05, 0.1) is 6.10 Å². The van der Waals surface area contributed by atoms with E-state index in [1.165, 1.54) is 28.5 Å². The third-order valence-corrected chi connectivity index (χ3v) is 4.13. The second-order valence-electron chi connectivity index (χ2n) is 4.35. The van der Waals surface area contributed by atoms with Crippen molar-refractivity contribution in [3.8, 4) is 0 Å². The first-order valence-electron chi connectivity index (χ1n) is 5.83. The zero-order chi connectivity index (χ0) is 11.4. The first-order chi connectivity index (χ1) is 7.79. The molecule has 88 valence electrons. The number of para-hydroxylation sites is 1. The molecule has 0 heterocycles. The van der Waals surface area contributed by atoms with Gasteiger partial charge < -0.3 is 10.1 Å². The van der Waals surface area contributed by atoms with Gasteiger partial charge in [-0.2, -0.15) is 0 Å². The summed E-state index contributed by atoms with van der Waals surface area (Å²) >= 11 is 2.38. The molecule has 0 aromatic heterocycles. The van der Waals surface area contributed by atoms with Crippen LogP contribution in [0.25, 0.3) is 0 Å². The van der Waals surface area contributed by atoms with E-state index in [9.17, 15) is 0 Å². The van der Waals surface area contributed by atoms with E-state index in [2.05, 4.69) is 52.2 Å². The highest BCUT2D eigenvalue weighted by atomic mass is 127. The molecule has 2 unspecified atom stereocenters. The summed E-state index contributed by atoms with van der Waals surface area (Å²) in [5.74, 6) is 0. The van der Waals surface area contributed by atoms with Gasteiger partial charge in [-0.1, -0.05) is 12.1 Å². The molecule has 1 fully saturated rings. The molecule has 2 atom stereocenters. The van der Waals surface area contributed by atoms with Gasteiger partial charge in [0.15, 0.2) is 0 Å². The molecule has 1 aliphatic rings. The van der Waals surface area contributed by atoms with Gasteiger partial charge >= 0.3 is 0 Å². The van der Waals surface area contributed by atoms with E-state index >= 15 is 0 Å². The number of rotatable bonds is 3. The zero-order valence-corrected chi connectivity index (χ0v) is 11.7. The highest BCUT2D eigenvalue weighted by Crippen LogP contribution is 2.25. The number of nitrogens with one attached hydrogen (secondary N) is 1. The molecular formula is C13H18INO. The number of hydrogen-bond donors (Lipinski definition) is 1. The van der Waals surface area contributed by atoms with Crippen molar-refractivity contribution < 1.29 is 4.74 Å². The second-order valence-corrected chi connectivity index (χ2v) is 5.51. The van der Waals surface area contributed by atoms with Crippen LogP contribution in [0.4, 0.5) is 5.69 Å². The third kappa shape index (κ3) is 3.10. The quantitative estimate of drug-likeness (QED) is 0.854. The fourth-order valence-corrected chi connectivity index (χ4v) is 2.83. The molecular weight excluding hydrogens is 313 g/mol. The number of hydrogen-bond acceptors (Lipinski definition) is 2. The normalized spacial score (nSPS) is 25.4. The van der Waals surface area contributed by atoms with Crippen LogP contribution in [0.5, 0.6) is 0 Å². The molecule has 1 aromatic carbocycles. The fourth-order valence-electron chi connectivity index (χ4n) is 2.29. The van der Waals surface area contributed by atoms with Gasteiger partial charge in [-0.05, 0) is 60.4 Å². The first kappa shape index (κ1) is 12.2. The Balaban J connectivity index is 1.97. The Hall–Kier alpha value is -0.290. The van der Waals surface area contributed by atoms with Crippen molar-refractivity contribution in [1.82, 2.24) is 0 Å². The lowest BCUT2D eigenvalue weighted by Crippen LogP contribution is -2.31. The maximum atomic E-state index is 5.45. The third-order valence-electron chi connectivity index (χ3n) is 3.19. The van der Waals surface area contributed by atoms with Gasteiger partial charge in [-0.3, -0.25) is 0 Å². The number of methoxy groups -OCH3 is 1. The van der Waals surface area contributed by atoms with Crippen LogP contribution < -0.4 is 5.32 Å². The highest BCUT2D eigenvalue weighted by Gasteiger charge is 2.21. The van der Waals surface area contributed by atoms with Gasteiger partial charge in [-0.15, -0.1) is 0 Å². The summed E-state index contributed by atoms with van der Waals surface area (Å²) in [5, 5.41) is 3.63. The van der Waals surface area contributed by atoms with Gasteiger partial charge in [0.1, 0.15) is 0 Å². The summed E-state index contributed by atoms with van der Waals surface area (Å²) in [5.41, 5.74) is 1.25. The average molecular weight is 331 g/mol. The molecule has 0 radical (unpaired) electrons. The lowest BCUT2D eigenvalue weighted by molar-refractivity contribution is 0.0669. The lowest BCUT2D eigenvalue weighted by Gasteiger charge is -2.29. The Morgan fingerprint density at radius 1 is 1.31 bits per heavy atom. The predicted molar refractivity (Wildman–Crippen MR) is 75.8 cm³/mol. The molecule has 1 saturated carbocycles. The minimum atomic E-state index is 0.438. The summed E-state index contributed by atoms with van der Waals surface area (Å²) in [6.45, 7) is 0.